The molecule has 0 bridgehead atoms. The van der Waals surface area contributed by atoms with Gasteiger partial charge >= 0.3 is 0 Å². The van der Waals surface area contributed by atoms with Gasteiger partial charge in [0, 0.05) is 28.9 Å². The van der Waals surface area contributed by atoms with Crippen molar-refractivity contribution in [3.8, 4) is 22.3 Å². The first-order chi connectivity index (χ1) is 35.8. The van der Waals surface area contributed by atoms with E-state index in [1.165, 1.54) is 128 Å². The molecule has 0 spiro atoms. The van der Waals surface area contributed by atoms with Gasteiger partial charge in [-0.25, -0.2) is 0 Å². The summed E-state index contributed by atoms with van der Waals surface area (Å²) in [6.45, 7) is 28.0. The summed E-state index contributed by atoms with van der Waals surface area (Å²) in [7, 11) is 0. The smallest absolute Gasteiger partial charge is 0.248 e. The lowest BCUT2D eigenvalue weighted by atomic mass is 9.31. The molecule has 0 aliphatic carbocycles. The average molecular weight is 970 g/mol. The summed E-state index contributed by atoms with van der Waals surface area (Å²) in [5.74, 6) is -0.155. The second kappa shape index (κ2) is 16.7. The maximum Gasteiger partial charge on any atom is 0.248 e. The second-order valence-electron chi connectivity index (χ2n) is 26.4. The molecule has 4 aliphatic rings. The summed E-state index contributed by atoms with van der Waals surface area (Å²) in [6.07, 6.45) is 0. The Morgan fingerprint density at radius 1 is 0.307 bits per heavy atom. The van der Waals surface area contributed by atoms with Gasteiger partial charge in [0.2, 0.25) is 13.4 Å². The molecule has 75 heavy (non-hydrogen) atoms. The van der Waals surface area contributed by atoms with Crippen LogP contribution in [0.15, 0.2) is 188 Å². The fourth-order valence-electron chi connectivity index (χ4n) is 13.7. The van der Waals surface area contributed by atoms with E-state index in [0.717, 1.165) is 0 Å². The summed E-state index contributed by atoms with van der Waals surface area (Å²) in [5.41, 5.74) is 31.4. The first-order valence-corrected chi connectivity index (χ1v) is 27.6. The van der Waals surface area contributed by atoms with E-state index in [4.69, 9.17) is 0 Å². The number of nitrogens with zero attached hydrogens (tertiary/aromatic N) is 1. The molecular weight excluding hydrogens is 900 g/mol. The van der Waals surface area contributed by atoms with Gasteiger partial charge in [0.25, 0.3) is 0 Å². The van der Waals surface area contributed by atoms with Crippen molar-refractivity contribution in [2.24, 2.45) is 0 Å². The number of fused-ring (bicyclic) bond motifs is 10. The molecule has 0 saturated heterocycles. The third-order valence-corrected chi connectivity index (χ3v) is 17.7. The molecule has 0 fully saturated rings. The summed E-state index contributed by atoms with van der Waals surface area (Å²) in [4.78, 5) is 2.75. The van der Waals surface area contributed by atoms with Crippen molar-refractivity contribution in [2.45, 2.75) is 117 Å². The standard InChI is InChI=1S/C72H69B2N/c1-69(2,3)48-35-27-44(28-36-48)62(45-29-37-49(38-30-45)70(4,5)6)56-43-57(63(46-31-39-50(40-32-46)71(7,8)9)47-33-41-51(42-34-47)72(10,11)12)67-68-66(56)73-58-23-15-13-19-52(58)54-21-17-25-60(64(54)73)75(68)61-26-18-22-55-53-20-14-16-24-59(53)74(67)65(55)61/h13-43,62-63H,1-12H3. The van der Waals surface area contributed by atoms with Crippen LogP contribution in [-0.2, 0) is 21.7 Å². The van der Waals surface area contributed by atoms with Gasteiger partial charge in [0.15, 0.2) is 0 Å². The van der Waals surface area contributed by atoms with Gasteiger partial charge < -0.3 is 4.90 Å². The molecule has 3 heteroatoms. The number of hydrogen-bond acceptors (Lipinski definition) is 1. The highest BCUT2D eigenvalue weighted by Gasteiger charge is 2.52. The highest BCUT2D eigenvalue weighted by molar-refractivity contribution is 7.05. The third kappa shape index (κ3) is 7.42. The Bertz CT molecular complexity index is 3380. The third-order valence-electron chi connectivity index (χ3n) is 17.7. The van der Waals surface area contributed by atoms with Gasteiger partial charge in [-0.05, 0) is 134 Å². The van der Waals surface area contributed by atoms with Crippen LogP contribution in [0.3, 0.4) is 0 Å². The maximum atomic E-state index is 2.76. The Morgan fingerprint density at radius 2 is 0.600 bits per heavy atom. The molecule has 4 heterocycles. The van der Waals surface area contributed by atoms with Crippen LogP contribution in [0.25, 0.3) is 22.3 Å². The predicted octanol–water partition coefficient (Wildman–Crippen LogP) is 14.3. The van der Waals surface area contributed by atoms with Gasteiger partial charge in [0.1, 0.15) is 0 Å². The Morgan fingerprint density at radius 3 is 0.907 bits per heavy atom. The summed E-state index contributed by atoms with van der Waals surface area (Å²) >= 11 is 0. The Balaban J connectivity index is 1.22. The van der Waals surface area contributed by atoms with Crippen LogP contribution in [0.2, 0.25) is 0 Å². The van der Waals surface area contributed by atoms with Gasteiger partial charge in [-0.3, -0.25) is 0 Å². The first-order valence-electron chi connectivity index (χ1n) is 27.6. The highest BCUT2D eigenvalue weighted by atomic mass is 15.2. The molecule has 0 atom stereocenters. The molecule has 9 aromatic rings. The monoisotopic (exact) mass is 970 g/mol. The minimum Gasteiger partial charge on any atom is -0.312 e. The van der Waals surface area contributed by atoms with E-state index in [9.17, 15) is 0 Å². The van der Waals surface area contributed by atoms with E-state index in [2.05, 4.69) is 276 Å². The summed E-state index contributed by atoms with van der Waals surface area (Å²) in [5, 5.41) is 0. The molecule has 368 valence electrons. The minimum atomic E-state index is -0.0776. The quantitative estimate of drug-likeness (QED) is 0.119. The topological polar surface area (TPSA) is 3.24 Å². The van der Waals surface area contributed by atoms with Gasteiger partial charge in [-0.15, -0.1) is 0 Å². The minimum absolute atomic E-state index is 0.0175. The second-order valence-corrected chi connectivity index (χ2v) is 26.4. The molecule has 9 aromatic carbocycles. The van der Waals surface area contributed by atoms with E-state index in [1.807, 2.05) is 0 Å². The van der Waals surface area contributed by atoms with Crippen molar-refractivity contribution in [3.05, 3.63) is 244 Å². The van der Waals surface area contributed by atoms with Gasteiger partial charge in [-0.1, -0.05) is 270 Å². The molecule has 0 saturated carbocycles. The zero-order valence-electron chi connectivity index (χ0n) is 46.2. The lowest BCUT2D eigenvalue weighted by molar-refractivity contribution is 0.589. The van der Waals surface area contributed by atoms with Crippen LogP contribution in [0.1, 0.15) is 151 Å². The van der Waals surface area contributed by atoms with Crippen molar-refractivity contribution < 1.29 is 0 Å². The normalized spacial score (nSPS) is 14.0. The number of anilines is 3. The Kier molecular flexibility index (Phi) is 10.6. The van der Waals surface area contributed by atoms with E-state index >= 15 is 0 Å². The Labute approximate surface area is 448 Å². The fourth-order valence-corrected chi connectivity index (χ4v) is 13.7. The van der Waals surface area contributed by atoms with E-state index in [-0.39, 0.29) is 46.9 Å². The van der Waals surface area contributed by atoms with Crippen molar-refractivity contribution in [1.29, 1.82) is 0 Å². The van der Waals surface area contributed by atoms with E-state index in [0.29, 0.717) is 0 Å². The van der Waals surface area contributed by atoms with Crippen molar-refractivity contribution in [3.63, 3.8) is 0 Å². The largest absolute Gasteiger partial charge is 0.312 e. The molecule has 0 amide bonds. The van der Waals surface area contributed by atoms with Crippen LogP contribution in [0.5, 0.6) is 0 Å². The number of rotatable bonds is 6. The molecule has 0 unspecified atom stereocenters. The molecular formula is C72H69B2N. The van der Waals surface area contributed by atoms with Crippen LogP contribution in [-0.4, -0.2) is 13.4 Å². The average Bonchev–Trinajstić information content (AvgIpc) is 4.09. The van der Waals surface area contributed by atoms with Crippen molar-refractivity contribution in [2.75, 3.05) is 4.90 Å². The SMILES string of the molecule is CC(C)(C)c1ccc(C(c2ccc(C(C)(C)C)cc2)c2cc(C(c3ccc(C(C)(C)C)cc3)c3ccc(C(C)(C)C)cc3)c3c4c2B2c5ccccc5-c5cccc(c52)N4c2cccc4c2B3c2ccccc2-4)cc1. The molecule has 1 nitrogen and oxygen atoms in total. The van der Waals surface area contributed by atoms with Gasteiger partial charge in [0.05, 0.1) is 0 Å². The van der Waals surface area contributed by atoms with Crippen molar-refractivity contribution in [1.82, 2.24) is 0 Å². The number of benzene rings is 9. The molecule has 0 aromatic heterocycles. The molecule has 4 aliphatic heterocycles. The molecule has 13 rings (SSSR count). The number of hydrogen-bond donors (Lipinski definition) is 0. The first kappa shape index (κ1) is 47.6. The zero-order valence-corrected chi connectivity index (χ0v) is 46.2. The van der Waals surface area contributed by atoms with E-state index < -0.39 is 0 Å². The fraction of sp³-hybridized carbons (Fsp3) is 0.250. The Hall–Kier alpha value is -7.09. The lowest BCUT2D eigenvalue weighted by Gasteiger charge is -2.46. The summed E-state index contributed by atoms with van der Waals surface area (Å²) in [6, 6.07) is 74.6. The van der Waals surface area contributed by atoms with Crippen LogP contribution < -0.4 is 37.7 Å². The molecule has 0 radical (unpaired) electrons. The van der Waals surface area contributed by atoms with Crippen LogP contribution >= 0.6 is 0 Å². The lowest BCUT2D eigenvalue weighted by Crippen LogP contribution is -2.64. The van der Waals surface area contributed by atoms with Crippen LogP contribution in [0.4, 0.5) is 17.1 Å². The molecule has 0 N–H and O–H groups in total. The van der Waals surface area contributed by atoms with Crippen molar-refractivity contribution >= 4 is 63.3 Å². The zero-order chi connectivity index (χ0) is 52.1. The van der Waals surface area contributed by atoms with E-state index in [1.54, 1.807) is 0 Å². The van der Waals surface area contributed by atoms with Gasteiger partial charge in [-0.2, -0.15) is 0 Å². The maximum absolute atomic E-state index is 2.76. The summed E-state index contributed by atoms with van der Waals surface area (Å²) < 4.78 is 0. The highest BCUT2D eigenvalue weighted by Crippen LogP contribution is 2.49. The van der Waals surface area contributed by atoms with Crippen LogP contribution in [0, 0.1) is 0 Å². The predicted molar refractivity (Wildman–Crippen MR) is 324 cm³/mol.